The summed E-state index contributed by atoms with van der Waals surface area (Å²) in [7, 11) is 1.69. The Morgan fingerprint density at radius 1 is 1.07 bits per heavy atom. The molecule has 0 radical (unpaired) electrons. The van der Waals surface area contributed by atoms with Crippen molar-refractivity contribution < 1.29 is 18.3 Å². The van der Waals surface area contributed by atoms with E-state index in [0.29, 0.717) is 24.8 Å². The van der Waals surface area contributed by atoms with E-state index >= 15 is 0 Å². The minimum absolute atomic E-state index is 0.130. The number of aryl methyl sites for hydroxylation is 1. The second kappa shape index (κ2) is 8.61. The number of ether oxygens (including phenoxy) is 1. The van der Waals surface area contributed by atoms with Crippen LogP contribution in [0.3, 0.4) is 0 Å². The zero-order valence-corrected chi connectivity index (χ0v) is 16.7. The number of nitrogens with zero attached hydrogens (tertiary/aromatic N) is 3. The second-order valence-electron chi connectivity index (χ2n) is 8.08. The number of benzene rings is 1. The molecule has 1 aliphatic heterocycles. The van der Waals surface area contributed by atoms with Crippen molar-refractivity contribution in [3.8, 4) is 11.3 Å². The minimum atomic E-state index is -0.725. The van der Waals surface area contributed by atoms with Gasteiger partial charge in [-0.15, -0.1) is 0 Å². The molecular formula is C22H27F2N3O2. The Labute approximate surface area is 169 Å². The van der Waals surface area contributed by atoms with E-state index in [0.717, 1.165) is 31.7 Å². The Bertz CT molecular complexity index is 869. The summed E-state index contributed by atoms with van der Waals surface area (Å²) in [6.45, 7) is 1.22. The molecule has 5 nitrogen and oxygen atoms in total. The summed E-state index contributed by atoms with van der Waals surface area (Å²) < 4.78 is 35.3. The second-order valence-corrected chi connectivity index (χ2v) is 8.08. The minimum Gasteiger partial charge on any atom is -0.375 e. The third-order valence-corrected chi connectivity index (χ3v) is 5.91. The maximum absolute atomic E-state index is 14.3. The molecule has 1 saturated heterocycles. The first-order valence-corrected chi connectivity index (χ1v) is 10.4. The van der Waals surface area contributed by atoms with E-state index in [2.05, 4.69) is 5.10 Å². The molecule has 7 heteroatoms. The van der Waals surface area contributed by atoms with E-state index in [4.69, 9.17) is 4.74 Å². The molecule has 1 saturated carbocycles. The van der Waals surface area contributed by atoms with Gasteiger partial charge < -0.3 is 9.64 Å². The molecule has 1 aliphatic carbocycles. The fourth-order valence-electron chi connectivity index (χ4n) is 4.36. The normalized spacial score (nSPS) is 18.9. The number of likely N-dealkylation sites (tertiary alicyclic amines) is 1. The lowest BCUT2D eigenvalue weighted by Gasteiger charge is -2.35. The van der Waals surface area contributed by atoms with Crippen molar-refractivity contribution in [3.63, 3.8) is 0 Å². The molecule has 156 valence electrons. The number of piperidine rings is 1. The van der Waals surface area contributed by atoms with Gasteiger partial charge in [-0.2, -0.15) is 5.10 Å². The summed E-state index contributed by atoms with van der Waals surface area (Å²) in [6.07, 6.45) is 9.85. The molecule has 0 N–H and O–H groups in total. The van der Waals surface area contributed by atoms with Crippen LogP contribution in [0, 0.1) is 11.6 Å². The third kappa shape index (κ3) is 4.50. The predicted octanol–water partition coefficient (Wildman–Crippen LogP) is 4.32. The van der Waals surface area contributed by atoms with E-state index in [1.165, 1.54) is 36.1 Å². The zero-order valence-electron chi connectivity index (χ0n) is 16.7. The summed E-state index contributed by atoms with van der Waals surface area (Å²) in [5.74, 6) is -1.56. The average Bonchev–Trinajstić information content (AvgIpc) is 3.10. The average molecular weight is 403 g/mol. The number of halogens is 2. The first kappa shape index (κ1) is 20.0. The van der Waals surface area contributed by atoms with E-state index in [1.807, 2.05) is 0 Å². The fraction of sp³-hybridized carbons (Fsp3) is 0.545. The predicted molar refractivity (Wildman–Crippen MR) is 105 cm³/mol. The summed E-state index contributed by atoms with van der Waals surface area (Å²) in [5, 5.41) is 4.26. The highest BCUT2D eigenvalue weighted by atomic mass is 19.1. The Hall–Kier alpha value is -2.28. The molecule has 0 unspecified atom stereocenters. The third-order valence-electron chi connectivity index (χ3n) is 5.91. The fourth-order valence-corrected chi connectivity index (χ4v) is 4.36. The van der Waals surface area contributed by atoms with Gasteiger partial charge in [0.15, 0.2) is 0 Å². The van der Waals surface area contributed by atoms with Crippen LogP contribution < -0.4 is 0 Å². The molecule has 0 spiro atoms. The molecule has 0 bridgehead atoms. The maximum Gasteiger partial charge on any atom is 0.257 e. The first-order chi connectivity index (χ1) is 14.0. The molecular weight excluding hydrogens is 376 g/mol. The van der Waals surface area contributed by atoms with Gasteiger partial charge >= 0.3 is 0 Å². The van der Waals surface area contributed by atoms with Crippen molar-refractivity contribution in [2.24, 2.45) is 7.05 Å². The topological polar surface area (TPSA) is 47.4 Å². The first-order valence-electron chi connectivity index (χ1n) is 10.4. The van der Waals surface area contributed by atoms with Crippen molar-refractivity contribution in [3.05, 3.63) is 41.6 Å². The van der Waals surface area contributed by atoms with E-state index in [9.17, 15) is 13.6 Å². The number of amides is 1. The Morgan fingerprint density at radius 2 is 1.76 bits per heavy atom. The van der Waals surface area contributed by atoms with Gasteiger partial charge in [-0.3, -0.25) is 9.48 Å². The van der Waals surface area contributed by atoms with Crippen LogP contribution in [0.1, 0.15) is 55.3 Å². The molecule has 1 aromatic heterocycles. The molecule has 2 aromatic rings. The molecule has 29 heavy (non-hydrogen) atoms. The zero-order chi connectivity index (χ0) is 20.4. The van der Waals surface area contributed by atoms with Gasteiger partial charge in [-0.1, -0.05) is 19.3 Å². The van der Waals surface area contributed by atoms with Crippen LogP contribution in [0.5, 0.6) is 0 Å². The number of aromatic nitrogens is 2. The van der Waals surface area contributed by atoms with Crippen LogP contribution in [0.25, 0.3) is 11.3 Å². The van der Waals surface area contributed by atoms with E-state index in [1.54, 1.807) is 18.1 Å². The Kier molecular flexibility index (Phi) is 5.94. The molecule has 2 aliphatic rings. The van der Waals surface area contributed by atoms with Gasteiger partial charge in [0.1, 0.15) is 17.3 Å². The lowest BCUT2D eigenvalue weighted by molar-refractivity contribution is -0.0526. The van der Waals surface area contributed by atoms with Gasteiger partial charge in [0.05, 0.1) is 17.8 Å². The SMILES string of the molecule is Cn1cc(C(=O)N2CCC(OC3CCCCC3)CC2)c(-c2ccc(F)cc2F)n1. The number of carbonyl (C=O) groups excluding carboxylic acids is 1. The molecule has 0 atom stereocenters. The smallest absolute Gasteiger partial charge is 0.257 e. The van der Waals surface area contributed by atoms with Crippen molar-refractivity contribution in [2.75, 3.05) is 13.1 Å². The van der Waals surface area contributed by atoms with Gasteiger partial charge in [0.2, 0.25) is 0 Å². The van der Waals surface area contributed by atoms with Crippen molar-refractivity contribution >= 4 is 5.91 Å². The van der Waals surface area contributed by atoms with Crippen LogP contribution in [0.4, 0.5) is 8.78 Å². The highest BCUT2D eigenvalue weighted by Crippen LogP contribution is 2.28. The highest BCUT2D eigenvalue weighted by Gasteiger charge is 2.29. The summed E-state index contributed by atoms with van der Waals surface area (Å²) in [6, 6.07) is 3.32. The monoisotopic (exact) mass is 403 g/mol. The van der Waals surface area contributed by atoms with Crippen LogP contribution in [-0.2, 0) is 11.8 Å². The number of carbonyl (C=O) groups is 1. The molecule has 1 aromatic carbocycles. The molecule has 1 amide bonds. The highest BCUT2D eigenvalue weighted by molar-refractivity contribution is 5.99. The molecule has 2 fully saturated rings. The Balaban J connectivity index is 1.44. The van der Waals surface area contributed by atoms with Crippen LogP contribution in [-0.4, -0.2) is 45.9 Å². The summed E-state index contributed by atoms with van der Waals surface area (Å²) in [5.41, 5.74) is 0.714. The largest absolute Gasteiger partial charge is 0.375 e. The molecule has 4 rings (SSSR count). The summed E-state index contributed by atoms with van der Waals surface area (Å²) in [4.78, 5) is 14.9. The van der Waals surface area contributed by atoms with E-state index < -0.39 is 11.6 Å². The quantitative estimate of drug-likeness (QED) is 0.764. The van der Waals surface area contributed by atoms with Crippen molar-refractivity contribution in [1.29, 1.82) is 0 Å². The lowest BCUT2D eigenvalue weighted by atomic mass is 9.97. The van der Waals surface area contributed by atoms with E-state index in [-0.39, 0.29) is 23.3 Å². The van der Waals surface area contributed by atoms with Crippen LogP contribution >= 0.6 is 0 Å². The van der Waals surface area contributed by atoms with Crippen LogP contribution in [0.2, 0.25) is 0 Å². The van der Waals surface area contributed by atoms with Crippen LogP contribution in [0.15, 0.2) is 24.4 Å². The van der Waals surface area contributed by atoms with Crippen molar-refractivity contribution in [1.82, 2.24) is 14.7 Å². The number of hydrogen-bond acceptors (Lipinski definition) is 3. The van der Waals surface area contributed by atoms with Gasteiger partial charge in [-0.25, -0.2) is 8.78 Å². The number of rotatable bonds is 4. The number of hydrogen-bond donors (Lipinski definition) is 0. The van der Waals surface area contributed by atoms with Gasteiger partial charge in [-0.05, 0) is 37.8 Å². The molecule has 2 heterocycles. The maximum atomic E-state index is 14.3. The lowest BCUT2D eigenvalue weighted by Crippen LogP contribution is -2.42. The summed E-state index contributed by atoms with van der Waals surface area (Å²) >= 11 is 0. The standard InChI is InChI=1S/C22H27F2N3O2/c1-26-14-19(21(25-26)18-8-7-15(23)13-20(18)24)22(28)27-11-9-17(10-12-27)29-16-5-3-2-4-6-16/h7-8,13-14,16-17H,2-6,9-12H2,1H3. The van der Waals surface area contributed by atoms with Gasteiger partial charge in [0.25, 0.3) is 5.91 Å². The Morgan fingerprint density at radius 3 is 2.45 bits per heavy atom. The van der Waals surface area contributed by atoms with Crippen molar-refractivity contribution in [2.45, 2.75) is 57.2 Å². The van der Waals surface area contributed by atoms with Gasteiger partial charge in [0, 0.05) is 38.0 Å².